The summed E-state index contributed by atoms with van der Waals surface area (Å²) in [5, 5.41) is 3.10. The maximum Gasteiger partial charge on any atom is 0.259 e. The van der Waals surface area contributed by atoms with Gasteiger partial charge >= 0.3 is 0 Å². The van der Waals surface area contributed by atoms with Crippen LogP contribution in [0.5, 0.6) is 5.75 Å². The summed E-state index contributed by atoms with van der Waals surface area (Å²) >= 11 is 0. The van der Waals surface area contributed by atoms with E-state index in [1.807, 2.05) is 30.3 Å². The number of carbonyl (C=O) groups excluding carboxylic acids is 1. The second kappa shape index (κ2) is 6.91. The molecule has 0 aromatic heterocycles. The molecule has 0 radical (unpaired) electrons. The first kappa shape index (κ1) is 17.5. The number of fused-ring (bicyclic) bond motifs is 1. The zero-order valence-electron chi connectivity index (χ0n) is 15.6. The summed E-state index contributed by atoms with van der Waals surface area (Å²) in [6, 6.07) is 12.0. The molecule has 0 fully saturated rings. The molecule has 1 aliphatic carbocycles. The van der Waals surface area contributed by atoms with E-state index in [9.17, 15) is 4.79 Å². The number of carbonyl (C=O) groups is 1. The van der Waals surface area contributed by atoms with Gasteiger partial charge in [-0.15, -0.1) is 0 Å². The minimum atomic E-state index is -0.115. The molecule has 0 heterocycles. The second-order valence-corrected chi connectivity index (χ2v) is 7.77. The molecular formula is C22H27NO2. The van der Waals surface area contributed by atoms with Crippen LogP contribution in [0.3, 0.4) is 0 Å². The van der Waals surface area contributed by atoms with Gasteiger partial charge in [0.1, 0.15) is 5.75 Å². The zero-order valence-corrected chi connectivity index (χ0v) is 15.6. The van der Waals surface area contributed by atoms with Crippen molar-refractivity contribution in [1.29, 1.82) is 0 Å². The Balaban J connectivity index is 1.89. The van der Waals surface area contributed by atoms with Gasteiger partial charge < -0.3 is 10.1 Å². The van der Waals surface area contributed by atoms with E-state index in [1.54, 1.807) is 7.11 Å². The van der Waals surface area contributed by atoms with Crippen LogP contribution in [0.1, 0.15) is 60.7 Å². The van der Waals surface area contributed by atoms with E-state index in [-0.39, 0.29) is 11.3 Å². The lowest BCUT2D eigenvalue weighted by atomic mass is 9.86. The van der Waals surface area contributed by atoms with E-state index in [0.29, 0.717) is 11.3 Å². The Kier molecular flexibility index (Phi) is 4.85. The first-order valence-corrected chi connectivity index (χ1v) is 9.01. The maximum atomic E-state index is 12.8. The lowest BCUT2D eigenvalue weighted by Gasteiger charge is -2.22. The Bertz CT molecular complexity index is 787. The van der Waals surface area contributed by atoms with Gasteiger partial charge in [0.05, 0.1) is 12.7 Å². The molecule has 2 aromatic carbocycles. The lowest BCUT2D eigenvalue weighted by Crippen LogP contribution is -2.17. The number of hydrogen-bond acceptors (Lipinski definition) is 2. The Labute approximate surface area is 150 Å². The van der Waals surface area contributed by atoms with Crippen LogP contribution in [-0.4, -0.2) is 13.0 Å². The standard InChI is InChI=1S/C22H27NO2/c1-22(2,3)16-12-13-18(20(14-16)25-4)21(24)23-19-11-7-9-15-8-5-6-10-17(15)19/h7,9,11-14H,5-6,8,10H2,1-4H3,(H,23,24). The minimum absolute atomic E-state index is 0.0147. The van der Waals surface area contributed by atoms with Crippen LogP contribution in [0.25, 0.3) is 0 Å². The molecule has 2 aromatic rings. The van der Waals surface area contributed by atoms with Crippen molar-refractivity contribution in [3.05, 3.63) is 58.7 Å². The number of ether oxygens (including phenoxy) is 1. The van der Waals surface area contributed by atoms with Crippen molar-refractivity contribution < 1.29 is 9.53 Å². The number of hydrogen-bond donors (Lipinski definition) is 1. The molecule has 0 bridgehead atoms. The predicted octanol–water partition coefficient (Wildman–Crippen LogP) is 5.12. The summed E-state index contributed by atoms with van der Waals surface area (Å²) in [4.78, 5) is 12.8. The van der Waals surface area contributed by atoms with Gasteiger partial charge in [-0.3, -0.25) is 4.79 Å². The highest BCUT2D eigenvalue weighted by atomic mass is 16.5. The van der Waals surface area contributed by atoms with Crippen molar-refractivity contribution in [2.75, 3.05) is 12.4 Å². The molecule has 0 saturated carbocycles. The van der Waals surface area contributed by atoms with Crippen molar-refractivity contribution in [1.82, 2.24) is 0 Å². The molecule has 132 valence electrons. The number of methoxy groups -OCH3 is 1. The van der Waals surface area contributed by atoms with E-state index < -0.39 is 0 Å². The third-order valence-electron chi connectivity index (χ3n) is 4.96. The van der Waals surface area contributed by atoms with Crippen LogP contribution in [0, 0.1) is 0 Å². The molecule has 25 heavy (non-hydrogen) atoms. The first-order chi connectivity index (χ1) is 11.9. The molecular weight excluding hydrogens is 310 g/mol. The predicted molar refractivity (Wildman–Crippen MR) is 103 cm³/mol. The largest absolute Gasteiger partial charge is 0.496 e. The molecule has 0 spiro atoms. The number of anilines is 1. The molecule has 3 heteroatoms. The fraction of sp³-hybridized carbons (Fsp3) is 0.409. The highest BCUT2D eigenvalue weighted by Gasteiger charge is 2.20. The fourth-order valence-electron chi connectivity index (χ4n) is 3.43. The molecule has 1 N–H and O–H groups in total. The maximum absolute atomic E-state index is 12.8. The molecule has 1 amide bonds. The highest BCUT2D eigenvalue weighted by molar-refractivity contribution is 6.06. The smallest absolute Gasteiger partial charge is 0.259 e. The topological polar surface area (TPSA) is 38.3 Å². The van der Waals surface area contributed by atoms with Crippen LogP contribution >= 0.6 is 0 Å². The molecule has 0 saturated heterocycles. The number of amides is 1. The van der Waals surface area contributed by atoms with Gasteiger partial charge in [-0.05, 0) is 66.0 Å². The number of rotatable bonds is 3. The first-order valence-electron chi connectivity index (χ1n) is 9.01. The van der Waals surface area contributed by atoms with E-state index in [2.05, 4.69) is 32.2 Å². The number of aryl methyl sites for hydroxylation is 1. The molecule has 3 nitrogen and oxygen atoms in total. The normalized spacial score (nSPS) is 13.9. The zero-order chi connectivity index (χ0) is 18.0. The average Bonchev–Trinajstić information content (AvgIpc) is 2.60. The van der Waals surface area contributed by atoms with Crippen molar-refractivity contribution in [3.8, 4) is 5.75 Å². The van der Waals surface area contributed by atoms with E-state index >= 15 is 0 Å². The molecule has 0 aliphatic heterocycles. The monoisotopic (exact) mass is 337 g/mol. The van der Waals surface area contributed by atoms with Gasteiger partial charge in [0.15, 0.2) is 0 Å². The highest BCUT2D eigenvalue weighted by Crippen LogP contribution is 2.31. The van der Waals surface area contributed by atoms with Gasteiger partial charge in [-0.2, -0.15) is 0 Å². The molecule has 1 aliphatic rings. The summed E-state index contributed by atoms with van der Waals surface area (Å²) in [7, 11) is 1.61. The summed E-state index contributed by atoms with van der Waals surface area (Å²) in [6.45, 7) is 6.45. The van der Waals surface area contributed by atoms with Gasteiger partial charge in [0.25, 0.3) is 5.91 Å². The Morgan fingerprint density at radius 2 is 1.84 bits per heavy atom. The number of benzene rings is 2. The van der Waals surface area contributed by atoms with Crippen molar-refractivity contribution in [2.45, 2.75) is 51.9 Å². The Hall–Kier alpha value is -2.29. The van der Waals surface area contributed by atoms with Crippen molar-refractivity contribution in [2.24, 2.45) is 0 Å². The second-order valence-electron chi connectivity index (χ2n) is 7.77. The van der Waals surface area contributed by atoms with Crippen LogP contribution in [0.2, 0.25) is 0 Å². The Morgan fingerprint density at radius 3 is 2.56 bits per heavy atom. The van der Waals surface area contributed by atoms with Crippen LogP contribution in [-0.2, 0) is 18.3 Å². The van der Waals surface area contributed by atoms with Crippen LogP contribution < -0.4 is 10.1 Å². The van der Waals surface area contributed by atoms with Gasteiger partial charge in [0, 0.05) is 5.69 Å². The fourth-order valence-corrected chi connectivity index (χ4v) is 3.43. The minimum Gasteiger partial charge on any atom is -0.496 e. The van der Waals surface area contributed by atoms with Gasteiger partial charge in [-0.25, -0.2) is 0 Å². The quantitative estimate of drug-likeness (QED) is 0.844. The summed E-state index contributed by atoms with van der Waals surface area (Å²) in [5.74, 6) is 0.506. The molecule has 3 rings (SSSR count). The van der Waals surface area contributed by atoms with Crippen molar-refractivity contribution >= 4 is 11.6 Å². The van der Waals surface area contributed by atoms with Crippen LogP contribution in [0.15, 0.2) is 36.4 Å². The van der Waals surface area contributed by atoms with Crippen molar-refractivity contribution in [3.63, 3.8) is 0 Å². The van der Waals surface area contributed by atoms with Gasteiger partial charge in [-0.1, -0.05) is 39.0 Å². The van der Waals surface area contributed by atoms with Crippen LogP contribution in [0.4, 0.5) is 5.69 Å². The molecule has 0 unspecified atom stereocenters. The third-order valence-corrected chi connectivity index (χ3v) is 4.96. The summed E-state index contributed by atoms with van der Waals surface area (Å²) in [5.41, 5.74) is 5.32. The van der Waals surface area contributed by atoms with E-state index in [4.69, 9.17) is 4.74 Å². The van der Waals surface area contributed by atoms with Gasteiger partial charge in [0.2, 0.25) is 0 Å². The van der Waals surface area contributed by atoms with E-state index in [0.717, 1.165) is 24.1 Å². The SMILES string of the molecule is COc1cc(C(C)(C)C)ccc1C(=O)Nc1cccc2c1CCCC2. The average molecular weight is 337 g/mol. The summed E-state index contributed by atoms with van der Waals surface area (Å²) < 4.78 is 5.49. The van der Waals surface area contributed by atoms with E-state index in [1.165, 1.54) is 24.0 Å². The summed E-state index contributed by atoms with van der Waals surface area (Å²) in [6.07, 6.45) is 4.55. The number of nitrogens with one attached hydrogen (secondary N) is 1. The lowest BCUT2D eigenvalue weighted by molar-refractivity contribution is 0.102. The molecule has 0 atom stereocenters. The third kappa shape index (κ3) is 3.71. The Morgan fingerprint density at radius 1 is 1.08 bits per heavy atom.